The van der Waals surface area contributed by atoms with Gasteiger partial charge in [0.25, 0.3) is 0 Å². The molecule has 3 heteroatoms. The van der Waals surface area contributed by atoms with E-state index in [1.54, 1.807) is 0 Å². The van der Waals surface area contributed by atoms with Gasteiger partial charge < -0.3 is 4.90 Å². The van der Waals surface area contributed by atoms with Gasteiger partial charge in [-0.3, -0.25) is 11.3 Å². The van der Waals surface area contributed by atoms with Crippen LogP contribution in [-0.2, 0) is 0 Å². The van der Waals surface area contributed by atoms with Crippen LogP contribution >= 0.6 is 0 Å². The fraction of sp³-hybridized carbons (Fsp3) is 0.400. The zero-order valence-corrected chi connectivity index (χ0v) is 8.41. The highest BCUT2D eigenvalue weighted by Crippen LogP contribution is 2.16. The summed E-state index contributed by atoms with van der Waals surface area (Å²) < 4.78 is 0. The average Bonchev–Trinajstić information content (AvgIpc) is 2.17. The highest BCUT2D eigenvalue weighted by atomic mass is 15.2. The largest absolute Gasteiger partial charge is 0.378 e. The van der Waals surface area contributed by atoms with Crippen LogP contribution in [0.4, 0.5) is 5.69 Å². The van der Waals surface area contributed by atoms with Crippen LogP contribution in [0.25, 0.3) is 0 Å². The van der Waals surface area contributed by atoms with Crippen molar-refractivity contribution in [2.75, 3.05) is 19.0 Å². The fourth-order valence-corrected chi connectivity index (χ4v) is 1.16. The van der Waals surface area contributed by atoms with Crippen molar-refractivity contribution < 1.29 is 0 Å². The van der Waals surface area contributed by atoms with Crippen LogP contribution in [0.5, 0.6) is 0 Å². The summed E-state index contributed by atoms with van der Waals surface area (Å²) in [5, 5.41) is 0. The minimum atomic E-state index is 0.205. The molecule has 72 valence electrons. The number of anilines is 1. The van der Waals surface area contributed by atoms with E-state index in [1.165, 1.54) is 11.3 Å². The molecule has 3 N–H and O–H groups in total. The van der Waals surface area contributed by atoms with Gasteiger partial charge in [0.05, 0.1) is 0 Å². The molecule has 0 saturated heterocycles. The van der Waals surface area contributed by atoms with Gasteiger partial charge in [-0.05, 0) is 24.6 Å². The van der Waals surface area contributed by atoms with Gasteiger partial charge >= 0.3 is 0 Å². The summed E-state index contributed by atoms with van der Waals surface area (Å²) in [7, 11) is 4.05. The molecule has 13 heavy (non-hydrogen) atoms. The maximum atomic E-state index is 5.34. The lowest BCUT2D eigenvalue weighted by Crippen LogP contribution is -2.25. The lowest BCUT2D eigenvalue weighted by Gasteiger charge is -2.15. The third-order valence-corrected chi connectivity index (χ3v) is 2.16. The lowest BCUT2D eigenvalue weighted by molar-refractivity contribution is 0.602. The van der Waals surface area contributed by atoms with E-state index in [4.69, 9.17) is 5.84 Å². The maximum Gasteiger partial charge on any atom is 0.0431 e. The first kappa shape index (κ1) is 10.0. The number of rotatable bonds is 3. The van der Waals surface area contributed by atoms with Crippen molar-refractivity contribution in [3.63, 3.8) is 0 Å². The summed E-state index contributed by atoms with van der Waals surface area (Å²) in [5.41, 5.74) is 5.12. The zero-order valence-electron chi connectivity index (χ0n) is 8.41. The minimum Gasteiger partial charge on any atom is -0.378 e. The first-order valence-corrected chi connectivity index (χ1v) is 4.38. The molecule has 3 nitrogen and oxygen atoms in total. The Morgan fingerprint density at radius 1 is 1.23 bits per heavy atom. The van der Waals surface area contributed by atoms with Gasteiger partial charge in [-0.2, -0.15) is 0 Å². The minimum absolute atomic E-state index is 0.205. The van der Waals surface area contributed by atoms with Gasteiger partial charge in [-0.1, -0.05) is 12.1 Å². The Labute approximate surface area is 79.5 Å². The first-order valence-electron chi connectivity index (χ1n) is 4.38. The van der Waals surface area contributed by atoms with Crippen LogP contribution in [0.2, 0.25) is 0 Å². The highest BCUT2D eigenvalue weighted by Gasteiger charge is 2.02. The van der Waals surface area contributed by atoms with Crippen molar-refractivity contribution in [3.05, 3.63) is 29.8 Å². The molecule has 1 aromatic rings. The van der Waals surface area contributed by atoms with E-state index >= 15 is 0 Å². The average molecular weight is 179 g/mol. The smallest absolute Gasteiger partial charge is 0.0431 e. The Morgan fingerprint density at radius 2 is 1.77 bits per heavy atom. The van der Waals surface area contributed by atoms with E-state index in [0.717, 1.165) is 0 Å². The molecule has 0 aliphatic rings. The molecule has 0 aliphatic carbocycles. The number of nitrogens with one attached hydrogen (secondary N) is 1. The van der Waals surface area contributed by atoms with Gasteiger partial charge in [-0.15, -0.1) is 0 Å². The Kier molecular flexibility index (Phi) is 3.28. The van der Waals surface area contributed by atoms with Crippen molar-refractivity contribution in [2.24, 2.45) is 5.84 Å². The lowest BCUT2D eigenvalue weighted by atomic mass is 10.1. The summed E-state index contributed by atoms with van der Waals surface area (Å²) in [6, 6.07) is 8.54. The Morgan fingerprint density at radius 3 is 2.15 bits per heavy atom. The molecule has 0 amide bonds. The highest BCUT2D eigenvalue weighted by molar-refractivity contribution is 5.46. The number of hydrogen-bond acceptors (Lipinski definition) is 3. The molecule has 0 aliphatic heterocycles. The van der Waals surface area contributed by atoms with Crippen LogP contribution in [0.3, 0.4) is 0 Å². The molecule has 0 saturated carbocycles. The van der Waals surface area contributed by atoms with Gasteiger partial charge in [0, 0.05) is 25.8 Å². The molecule has 1 rings (SSSR count). The van der Waals surface area contributed by atoms with Crippen LogP contribution in [0.15, 0.2) is 24.3 Å². The normalized spacial score (nSPS) is 12.6. The molecule has 1 atom stereocenters. The second-order valence-corrected chi connectivity index (χ2v) is 3.37. The summed E-state index contributed by atoms with van der Waals surface area (Å²) in [6.07, 6.45) is 0. The molecular formula is C10H17N3. The van der Waals surface area contributed by atoms with Gasteiger partial charge in [0.2, 0.25) is 0 Å². The van der Waals surface area contributed by atoms with Crippen molar-refractivity contribution in [3.8, 4) is 0 Å². The molecule has 1 aromatic carbocycles. The summed E-state index contributed by atoms with van der Waals surface area (Å²) in [4.78, 5) is 2.07. The molecule has 0 heterocycles. The van der Waals surface area contributed by atoms with E-state index in [0.29, 0.717) is 0 Å². The molecule has 0 unspecified atom stereocenters. The zero-order chi connectivity index (χ0) is 9.84. The van der Waals surface area contributed by atoms with Crippen molar-refractivity contribution in [1.29, 1.82) is 0 Å². The fourth-order valence-electron chi connectivity index (χ4n) is 1.16. The van der Waals surface area contributed by atoms with E-state index in [-0.39, 0.29) is 6.04 Å². The van der Waals surface area contributed by atoms with Crippen LogP contribution in [-0.4, -0.2) is 14.1 Å². The SMILES string of the molecule is C[C@H](NN)c1ccc(N(C)C)cc1. The van der Waals surface area contributed by atoms with Crippen molar-refractivity contribution >= 4 is 5.69 Å². The Hall–Kier alpha value is -1.06. The number of hydrogen-bond donors (Lipinski definition) is 2. The Balaban J connectivity index is 2.81. The number of benzene rings is 1. The third kappa shape index (κ3) is 2.44. The van der Waals surface area contributed by atoms with Crippen LogP contribution in [0, 0.1) is 0 Å². The van der Waals surface area contributed by atoms with Gasteiger partial charge in [0.15, 0.2) is 0 Å². The predicted molar refractivity (Wildman–Crippen MR) is 56.5 cm³/mol. The summed E-state index contributed by atoms with van der Waals surface area (Å²) >= 11 is 0. The second-order valence-electron chi connectivity index (χ2n) is 3.37. The van der Waals surface area contributed by atoms with Gasteiger partial charge in [0.1, 0.15) is 0 Å². The summed E-state index contributed by atoms with van der Waals surface area (Å²) in [5.74, 6) is 5.34. The van der Waals surface area contributed by atoms with Crippen molar-refractivity contribution in [1.82, 2.24) is 5.43 Å². The maximum absolute atomic E-state index is 5.34. The standard InChI is InChI=1S/C10H17N3/c1-8(12-11)9-4-6-10(7-5-9)13(2)3/h4-8,12H,11H2,1-3H3/t8-/m0/s1. The molecular weight excluding hydrogens is 162 g/mol. The summed E-state index contributed by atoms with van der Waals surface area (Å²) in [6.45, 7) is 2.03. The van der Waals surface area contributed by atoms with E-state index < -0.39 is 0 Å². The van der Waals surface area contributed by atoms with Gasteiger partial charge in [-0.25, -0.2) is 0 Å². The van der Waals surface area contributed by atoms with Crippen LogP contribution < -0.4 is 16.2 Å². The monoisotopic (exact) mass is 179 g/mol. The van der Waals surface area contributed by atoms with E-state index in [2.05, 4.69) is 34.6 Å². The van der Waals surface area contributed by atoms with Crippen molar-refractivity contribution in [2.45, 2.75) is 13.0 Å². The molecule has 0 fully saturated rings. The molecule has 0 radical (unpaired) electrons. The number of nitrogens with two attached hydrogens (primary N) is 1. The predicted octanol–water partition coefficient (Wildman–Crippen LogP) is 1.28. The van der Waals surface area contributed by atoms with E-state index in [1.807, 2.05) is 21.0 Å². The quantitative estimate of drug-likeness (QED) is 0.542. The van der Waals surface area contributed by atoms with Crippen LogP contribution in [0.1, 0.15) is 18.5 Å². The number of hydrazine groups is 1. The third-order valence-electron chi connectivity index (χ3n) is 2.16. The Bertz CT molecular complexity index is 253. The number of nitrogens with zero attached hydrogens (tertiary/aromatic N) is 1. The molecule has 0 bridgehead atoms. The molecule has 0 aromatic heterocycles. The topological polar surface area (TPSA) is 41.3 Å². The first-order chi connectivity index (χ1) is 6.15. The van der Waals surface area contributed by atoms with E-state index in [9.17, 15) is 0 Å². The second kappa shape index (κ2) is 4.25. The molecule has 0 spiro atoms.